The lowest BCUT2D eigenvalue weighted by Crippen LogP contribution is -2.35. The Bertz CT molecular complexity index is 362. The Morgan fingerprint density at radius 1 is 1.23 bits per heavy atom. The van der Waals surface area contributed by atoms with Crippen molar-refractivity contribution >= 4 is 9.84 Å². The molecule has 0 spiro atoms. The van der Waals surface area contributed by atoms with Gasteiger partial charge in [-0.3, -0.25) is 0 Å². The molecule has 0 radical (unpaired) electrons. The molecule has 1 aromatic heterocycles. The Morgan fingerprint density at radius 2 is 1.69 bits per heavy atom. The highest BCUT2D eigenvalue weighted by atomic mass is 32.2. The summed E-state index contributed by atoms with van der Waals surface area (Å²) in [5, 5.41) is 0. The molecule has 0 atom stereocenters. The molecule has 0 bridgehead atoms. The lowest BCUT2D eigenvalue weighted by molar-refractivity contribution is 0.504. The van der Waals surface area contributed by atoms with E-state index >= 15 is 0 Å². The number of hydrogen-bond donors (Lipinski definition) is 0. The number of hydrogen-bond acceptors (Lipinski definition) is 2. The van der Waals surface area contributed by atoms with Crippen LogP contribution in [0.2, 0.25) is 0 Å². The maximum atomic E-state index is 11.4. The van der Waals surface area contributed by atoms with Gasteiger partial charge in [0.15, 0.2) is 9.84 Å². The summed E-state index contributed by atoms with van der Waals surface area (Å²) in [5.41, 5.74) is 0. The van der Waals surface area contributed by atoms with Crippen LogP contribution in [0.1, 0.15) is 13.8 Å². The van der Waals surface area contributed by atoms with Crippen LogP contribution < -0.4 is 0 Å². The quantitative estimate of drug-likeness (QED) is 0.739. The number of sulfone groups is 1. The molecule has 0 saturated carbocycles. The van der Waals surface area contributed by atoms with Crippen LogP contribution in [-0.4, -0.2) is 24.0 Å². The largest absolute Gasteiger partial charge is 0.353 e. The summed E-state index contributed by atoms with van der Waals surface area (Å²) in [4.78, 5) is 0. The van der Waals surface area contributed by atoms with Gasteiger partial charge in [0.1, 0.15) is 0 Å². The van der Waals surface area contributed by atoms with Crippen LogP contribution in [0.15, 0.2) is 24.5 Å². The van der Waals surface area contributed by atoms with E-state index in [1.54, 1.807) is 13.8 Å². The summed E-state index contributed by atoms with van der Waals surface area (Å²) in [7, 11) is -3.00. The van der Waals surface area contributed by atoms with Gasteiger partial charge in [0.2, 0.25) is 0 Å². The van der Waals surface area contributed by atoms with Gasteiger partial charge in [-0.05, 0) is 26.0 Å². The van der Waals surface area contributed by atoms with Crippen LogP contribution in [0.5, 0.6) is 0 Å². The Labute approximate surface area is 79.3 Å². The van der Waals surface area contributed by atoms with Crippen molar-refractivity contribution in [2.45, 2.75) is 25.1 Å². The highest BCUT2D eigenvalue weighted by molar-refractivity contribution is 7.92. The van der Waals surface area contributed by atoms with E-state index in [4.69, 9.17) is 0 Å². The first kappa shape index (κ1) is 10.3. The smallest absolute Gasteiger partial charge is 0.154 e. The summed E-state index contributed by atoms with van der Waals surface area (Å²) in [6.45, 7) is 3.98. The molecule has 0 unspecified atom stereocenters. The summed E-state index contributed by atoms with van der Waals surface area (Å²) in [6, 6.07) is 3.77. The predicted octanol–water partition coefficient (Wildman–Crippen LogP) is 1.31. The normalized spacial score (nSPS) is 13.2. The van der Waals surface area contributed by atoms with Crippen molar-refractivity contribution in [1.82, 2.24) is 4.57 Å². The standard InChI is InChI=1S/C9H15NO2S/c1-9(2,13(3,11)12)8-10-6-4-5-7-10/h4-7H,8H2,1-3H3. The minimum absolute atomic E-state index is 0.499. The summed E-state index contributed by atoms with van der Waals surface area (Å²) >= 11 is 0. The lowest BCUT2D eigenvalue weighted by atomic mass is 10.2. The molecule has 0 saturated heterocycles. The van der Waals surface area contributed by atoms with E-state index in [-0.39, 0.29) is 0 Å². The Balaban J connectivity index is 2.86. The average Bonchev–Trinajstić information content (AvgIpc) is 2.35. The minimum atomic E-state index is -3.00. The van der Waals surface area contributed by atoms with Gasteiger partial charge in [0.05, 0.1) is 4.75 Å². The van der Waals surface area contributed by atoms with Gasteiger partial charge in [-0.25, -0.2) is 8.42 Å². The minimum Gasteiger partial charge on any atom is -0.353 e. The Kier molecular flexibility index (Phi) is 2.52. The highest BCUT2D eigenvalue weighted by Crippen LogP contribution is 2.17. The summed E-state index contributed by atoms with van der Waals surface area (Å²) < 4.78 is 23.9. The highest BCUT2D eigenvalue weighted by Gasteiger charge is 2.30. The van der Waals surface area contributed by atoms with Crippen LogP contribution in [0.3, 0.4) is 0 Å². The second kappa shape index (κ2) is 3.18. The molecule has 13 heavy (non-hydrogen) atoms. The molecule has 3 nitrogen and oxygen atoms in total. The maximum Gasteiger partial charge on any atom is 0.154 e. The van der Waals surface area contributed by atoms with Gasteiger partial charge in [0, 0.05) is 25.2 Å². The van der Waals surface area contributed by atoms with E-state index in [9.17, 15) is 8.42 Å². The van der Waals surface area contributed by atoms with Gasteiger partial charge >= 0.3 is 0 Å². The van der Waals surface area contributed by atoms with Crippen LogP contribution in [0.25, 0.3) is 0 Å². The number of aromatic nitrogens is 1. The first-order chi connectivity index (χ1) is 5.83. The second-order valence-corrected chi connectivity index (χ2v) is 6.54. The zero-order chi connectivity index (χ0) is 10.1. The van der Waals surface area contributed by atoms with E-state index < -0.39 is 14.6 Å². The van der Waals surface area contributed by atoms with E-state index in [1.165, 1.54) is 6.26 Å². The Morgan fingerprint density at radius 3 is 2.08 bits per heavy atom. The van der Waals surface area contributed by atoms with Gasteiger partial charge in [-0.1, -0.05) is 0 Å². The third kappa shape index (κ3) is 2.34. The van der Waals surface area contributed by atoms with Gasteiger partial charge in [0.25, 0.3) is 0 Å². The van der Waals surface area contributed by atoms with Gasteiger partial charge < -0.3 is 4.57 Å². The van der Waals surface area contributed by atoms with Crippen LogP contribution >= 0.6 is 0 Å². The van der Waals surface area contributed by atoms with Crippen LogP contribution in [-0.2, 0) is 16.4 Å². The molecule has 1 rings (SSSR count). The molecular weight excluding hydrogens is 186 g/mol. The van der Waals surface area contributed by atoms with Gasteiger partial charge in [-0.15, -0.1) is 0 Å². The second-order valence-electron chi connectivity index (χ2n) is 3.89. The van der Waals surface area contributed by atoms with Crippen molar-refractivity contribution in [3.63, 3.8) is 0 Å². The van der Waals surface area contributed by atoms with Crippen molar-refractivity contribution in [3.8, 4) is 0 Å². The monoisotopic (exact) mass is 201 g/mol. The SMILES string of the molecule is CC(C)(Cn1cccc1)S(C)(=O)=O. The van der Waals surface area contributed by atoms with Crippen molar-refractivity contribution in [2.75, 3.05) is 6.26 Å². The number of rotatable bonds is 3. The van der Waals surface area contributed by atoms with Crippen molar-refractivity contribution in [2.24, 2.45) is 0 Å². The first-order valence-corrected chi connectivity index (χ1v) is 6.02. The molecule has 0 fully saturated rings. The van der Waals surface area contributed by atoms with Crippen molar-refractivity contribution in [1.29, 1.82) is 0 Å². The molecule has 0 aliphatic rings. The number of nitrogens with zero attached hydrogens (tertiary/aromatic N) is 1. The molecule has 74 valence electrons. The van der Waals surface area contributed by atoms with E-state index in [1.807, 2.05) is 29.1 Å². The van der Waals surface area contributed by atoms with E-state index in [0.717, 1.165) is 0 Å². The fourth-order valence-corrected chi connectivity index (χ4v) is 1.42. The topological polar surface area (TPSA) is 39.1 Å². The molecule has 0 aromatic carbocycles. The van der Waals surface area contributed by atoms with Crippen molar-refractivity contribution < 1.29 is 8.42 Å². The van der Waals surface area contributed by atoms with Gasteiger partial charge in [-0.2, -0.15) is 0 Å². The molecule has 4 heteroatoms. The maximum absolute atomic E-state index is 11.4. The summed E-state index contributed by atoms with van der Waals surface area (Å²) in [6.07, 6.45) is 5.01. The van der Waals surface area contributed by atoms with Crippen molar-refractivity contribution in [3.05, 3.63) is 24.5 Å². The third-order valence-electron chi connectivity index (χ3n) is 2.23. The molecule has 1 heterocycles. The van der Waals surface area contributed by atoms with Crippen LogP contribution in [0, 0.1) is 0 Å². The molecule has 0 aliphatic carbocycles. The fourth-order valence-electron chi connectivity index (χ4n) is 1.03. The molecule has 0 aliphatic heterocycles. The lowest BCUT2D eigenvalue weighted by Gasteiger charge is -2.22. The average molecular weight is 201 g/mol. The first-order valence-electron chi connectivity index (χ1n) is 4.13. The molecule has 0 N–H and O–H groups in total. The van der Waals surface area contributed by atoms with Crippen LogP contribution in [0.4, 0.5) is 0 Å². The molecule has 1 aromatic rings. The molecular formula is C9H15NO2S. The zero-order valence-electron chi connectivity index (χ0n) is 8.19. The molecule has 0 amide bonds. The van der Waals surface area contributed by atoms with E-state index in [2.05, 4.69) is 0 Å². The third-order valence-corrected chi connectivity index (χ3v) is 4.37. The summed E-state index contributed by atoms with van der Waals surface area (Å²) in [5.74, 6) is 0. The van der Waals surface area contributed by atoms with E-state index in [0.29, 0.717) is 6.54 Å². The predicted molar refractivity (Wildman–Crippen MR) is 53.4 cm³/mol. The Hall–Kier alpha value is -0.770. The fraction of sp³-hybridized carbons (Fsp3) is 0.556. The zero-order valence-corrected chi connectivity index (χ0v) is 9.00.